The van der Waals surface area contributed by atoms with Gasteiger partial charge in [0.15, 0.2) is 0 Å². The quantitative estimate of drug-likeness (QED) is 0.173. The van der Waals surface area contributed by atoms with Crippen molar-refractivity contribution in [1.29, 1.82) is 0 Å². The summed E-state index contributed by atoms with van der Waals surface area (Å²) in [5.74, 6) is 0. The van der Waals surface area contributed by atoms with Gasteiger partial charge in [0.1, 0.15) is 0 Å². The molecular formula is C47H33NS. The van der Waals surface area contributed by atoms with Crippen LogP contribution in [-0.4, -0.2) is 0 Å². The van der Waals surface area contributed by atoms with E-state index in [-0.39, 0.29) is 5.41 Å². The summed E-state index contributed by atoms with van der Waals surface area (Å²) < 4.78 is 2.62. The lowest BCUT2D eigenvalue weighted by Gasteiger charge is -2.27. The molecule has 1 aliphatic rings. The molecular weight excluding hydrogens is 611 g/mol. The second-order valence-corrected chi connectivity index (χ2v) is 14.8. The number of rotatable bonds is 4. The minimum Gasteiger partial charge on any atom is -0.310 e. The second-order valence-electron chi connectivity index (χ2n) is 13.8. The average Bonchev–Trinajstić information content (AvgIpc) is 3.63. The fourth-order valence-corrected chi connectivity index (χ4v) is 9.36. The lowest BCUT2D eigenvalue weighted by Crippen LogP contribution is -2.14. The van der Waals surface area contributed by atoms with Crippen LogP contribution in [0.25, 0.3) is 64.0 Å². The van der Waals surface area contributed by atoms with Crippen LogP contribution in [0.2, 0.25) is 0 Å². The molecule has 0 atom stereocenters. The summed E-state index contributed by atoms with van der Waals surface area (Å²) in [7, 11) is 0. The summed E-state index contributed by atoms with van der Waals surface area (Å²) in [5, 5.41) is 7.79. The maximum Gasteiger partial charge on any atom is 0.0476 e. The highest BCUT2D eigenvalue weighted by Gasteiger charge is 2.36. The smallest absolute Gasteiger partial charge is 0.0476 e. The molecule has 0 spiro atoms. The van der Waals surface area contributed by atoms with Crippen molar-refractivity contribution >= 4 is 70.1 Å². The van der Waals surface area contributed by atoms with E-state index in [4.69, 9.17) is 0 Å². The van der Waals surface area contributed by atoms with E-state index in [0.717, 1.165) is 17.1 Å². The van der Waals surface area contributed by atoms with Crippen molar-refractivity contribution < 1.29 is 0 Å². The van der Waals surface area contributed by atoms with Gasteiger partial charge in [-0.1, -0.05) is 135 Å². The Morgan fingerprint density at radius 2 is 1.12 bits per heavy atom. The third kappa shape index (κ3) is 4.31. The standard InChI is InChI=1S/C47H33NS/c1-47(2)41-17-8-6-16-39(41)46-42(47)26-22-32-20-19-31-21-23-35(28-40(31)45(32)46)48(34-14-10-13-33(27-34)30-11-4-3-5-12-30)36-24-25-38-37-15-7-9-18-43(37)49-44(38)29-36/h3-29H,1-2H3. The minimum absolute atomic E-state index is 0.0521. The molecule has 1 heterocycles. The third-order valence-corrected chi connectivity index (χ3v) is 11.8. The first-order chi connectivity index (χ1) is 24.0. The molecule has 9 aromatic rings. The van der Waals surface area contributed by atoms with Gasteiger partial charge in [-0.2, -0.15) is 0 Å². The van der Waals surface area contributed by atoms with Crippen molar-refractivity contribution in [3.63, 3.8) is 0 Å². The van der Waals surface area contributed by atoms with E-state index >= 15 is 0 Å². The SMILES string of the molecule is CC1(C)c2ccccc2-c2c1ccc1ccc3ccc(N(c4cccc(-c5ccccc5)c4)c4ccc5c(c4)sc4ccccc45)cc3c21. The van der Waals surface area contributed by atoms with Crippen molar-refractivity contribution in [2.75, 3.05) is 4.90 Å². The summed E-state index contributed by atoms with van der Waals surface area (Å²) in [4.78, 5) is 2.44. The fourth-order valence-electron chi connectivity index (χ4n) is 8.22. The molecule has 1 aromatic heterocycles. The number of hydrogen-bond donors (Lipinski definition) is 0. The molecule has 2 heteroatoms. The summed E-state index contributed by atoms with van der Waals surface area (Å²) in [5.41, 5.74) is 11.3. The summed E-state index contributed by atoms with van der Waals surface area (Å²) in [6, 6.07) is 60.6. The van der Waals surface area contributed by atoms with Crippen LogP contribution in [0.4, 0.5) is 17.1 Å². The Hall–Kier alpha value is -5.70. The van der Waals surface area contributed by atoms with Crippen LogP contribution >= 0.6 is 11.3 Å². The number of thiophene rings is 1. The van der Waals surface area contributed by atoms with Crippen LogP contribution in [0, 0.1) is 0 Å². The van der Waals surface area contributed by atoms with Gasteiger partial charge in [0.05, 0.1) is 0 Å². The van der Waals surface area contributed by atoms with Crippen molar-refractivity contribution in [2.45, 2.75) is 19.3 Å². The summed E-state index contributed by atoms with van der Waals surface area (Å²) >= 11 is 1.87. The number of nitrogens with zero attached hydrogens (tertiary/aromatic N) is 1. The second kappa shape index (κ2) is 10.7. The zero-order valence-corrected chi connectivity index (χ0v) is 28.3. The third-order valence-electron chi connectivity index (χ3n) is 10.6. The highest BCUT2D eigenvalue weighted by molar-refractivity contribution is 7.25. The molecule has 0 bridgehead atoms. The van der Waals surface area contributed by atoms with Crippen LogP contribution < -0.4 is 4.90 Å². The normalized spacial score (nSPS) is 13.3. The predicted molar refractivity (Wildman–Crippen MR) is 212 cm³/mol. The van der Waals surface area contributed by atoms with Crippen LogP contribution in [0.5, 0.6) is 0 Å². The highest BCUT2D eigenvalue weighted by atomic mass is 32.1. The number of benzene rings is 8. The monoisotopic (exact) mass is 643 g/mol. The Labute approximate surface area is 290 Å². The fraction of sp³-hybridized carbons (Fsp3) is 0.0638. The van der Waals surface area contributed by atoms with E-state index in [1.807, 2.05) is 11.3 Å². The zero-order chi connectivity index (χ0) is 32.7. The van der Waals surface area contributed by atoms with E-state index in [0.29, 0.717) is 0 Å². The maximum atomic E-state index is 2.44. The molecule has 0 aliphatic heterocycles. The molecule has 0 saturated heterocycles. The lowest BCUT2D eigenvalue weighted by atomic mass is 9.82. The van der Waals surface area contributed by atoms with Crippen LogP contribution in [0.3, 0.4) is 0 Å². The molecule has 8 aromatic carbocycles. The highest BCUT2D eigenvalue weighted by Crippen LogP contribution is 2.53. The number of anilines is 3. The number of hydrogen-bond acceptors (Lipinski definition) is 2. The molecule has 0 N–H and O–H groups in total. The van der Waals surface area contributed by atoms with Gasteiger partial charge in [0.25, 0.3) is 0 Å². The Morgan fingerprint density at radius 3 is 2.04 bits per heavy atom. The molecule has 10 rings (SSSR count). The van der Waals surface area contributed by atoms with Gasteiger partial charge in [-0.05, 0) is 97.4 Å². The molecule has 0 saturated carbocycles. The zero-order valence-electron chi connectivity index (χ0n) is 27.4. The molecule has 0 radical (unpaired) electrons. The van der Waals surface area contributed by atoms with Crippen LogP contribution in [-0.2, 0) is 5.41 Å². The van der Waals surface area contributed by atoms with Crippen molar-refractivity contribution in [1.82, 2.24) is 0 Å². The minimum atomic E-state index is -0.0521. The Bertz CT molecular complexity index is 2750. The first kappa shape index (κ1) is 28.3. The van der Waals surface area contributed by atoms with E-state index < -0.39 is 0 Å². The van der Waals surface area contributed by atoms with Gasteiger partial charge >= 0.3 is 0 Å². The largest absolute Gasteiger partial charge is 0.310 e. The van der Waals surface area contributed by atoms with Crippen molar-refractivity contribution in [2.24, 2.45) is 0 Å². The van der Waals surface area contributed by atoms with E-state index in [1.54, 1.807) is 0 Å². The first-order valence-corrected chi connectivity index (χ1v) is 17.8. The molecule has 1 aliphatic carbocycles. The van der Waals surface area contributed by atoms with Gasteiger partial charge in [-0.15, -0.1) is 11.3 Å². The molecule has 49 heavy (non-hydrogen) atoms. The summed E-state index contributed by atoms with van der Waals surface area (Å²) in [6.07, 6.45) is 0. The Kier molecular flexibility index (Phi) is 6.16. The Balaban J connectivity index is 1.24. The van der Waals surface area contributed by atoms with Gasteiger partial charge < -0.3 is 4.90 Å². The maximum absolute atomic E-state index is 2.44. The van der Waals surface area contributed by atoms with Gasteiger partial charge in [-0.25, -0.2) is 0 Å². The van der Waals surface area contributed by atoms with Gasteiger partial charge in [0.2, 0.25) is 0 Å². The molecule has 0 amide bonds. The molecule has 1 nitrogen and oxygen atoms in total. The van der Waals surface area contributed by atoms with Gasteiger partial charge in [0, 0.05) is 42.6 Å². The van der Waals surface area contributed by atoms with E-state index in [2.05, 4.69) is 183 Å². The van der Waals surface area contributed by atoms with Crippen molar-refractivity contribution in [3.8, 4) is 22.3 Å². The topological polar surface area (TPSA) is 3.24 Å². The van der Waals surface area contributed by atoms with Crippen molar-refractivity contribution in [3.05, 3.63) is 175 Å². The average molecular weight is 644 g/mol. The molecule has 0 fully saturated rings. The molecule has 232 valence electrons. The number of fused-ring (bicyclic) bond motifs is 10. The van der Waals surface area contributed by atoms with Crippen LogP contribution in [0.1, 0.15) is 25.0 Å². The van der Waals surface area contributed by atoms with Crippen LogP contribution in [0.15, 0.2) is 164 Å². The van der Waals surface area contributed by atoms with E-state index in [1.165, 1.54) is 75.1 Å². The van der Waals surface area contributed by atoms with Gasteiger partial charge in [-0.3, -0.25) is 0 Å². The molecule has 0 unspecified atom stereocenters. The Morgan fingerprint density at radius 1 is 0.449 bits per heavy atom. The predicted octanol–water partition coefficient (Wildman–Crippen LogP) is 13.8. The lowest BCUT2D eigenvalue weighted by molar-refractivity contribution is 0.661. The van der Waals surface area contributed by atoms with E-state index in [9.17, 15) is 0 Å². The summed E-state index contributed by atoms with van der Waals surface area (Å²) in [6.45, 7) is 4.73. The first-order valence-electron chi connectivity index (χ1n) is 17.0.